The minimum absolute atomic E-state index is 0.164. The van der Waals surface area contributed by atoms with Crippen LogP contribution in [0.3, 0.4) is 0 Å². The van der Waals surface area contributed by atoms with Crippen molar-refractivity contribution < 1.29 is 19.1 Å². The molecule has 4 rings (SSSR count). The van der Waals surface area contributed by atoms with Gasteiger partial charge < -0.3 is 25.0 Å². The Balaban J connectivity index is 1.57. The lowest BCUT2D eigenvalue weighted by atomic mass is 10.0. The Hall–Kier alpha value is -3.32. The summed E-state index contributed by atoms with van der Waals surface area (Å²) in [6.45, 7) is 2.23. The molecule has 2 N–H and O–H groups in total. The molecule has 28 heavy (non-hydrogen) atoms. The highest BCUT2D eigenvalue weighted by Crippen LogP contribution is 2.35. The molecule has 0 atom stereocenters. The SMILES string of the molecule is COc1ccc(/C=C2/C(=O)Nc3ccc(NC(=O)N4CCOCC4)cc32)cc1. The fourth-order valence-corrected chi connectivity index (χ4v) is 3.24. The van der Waals surface area contributed by atoms with Gasteiger partial charge in [-0.15, -0.1) is 0 Å². The van der Waals surface area contributed by atoms with Gasteiger partial charge in [0, 0.05) is 35.6 Å². The lowest BCUT2D eigenvalue weighted by Gasteiger charge is -2.27. The van der Waals surface area contributed by atoms with Crippen LogP contribution in [0.1, 0.15) is 11.1 Å². The van der Waals surface area contributed by atoms with E-state index in [1.165, 1.54) is 0 Å². The maximum atomic E-state index is 12.4. The minimum Gasteiger partial charge on any atom is -0.497 e. The zero-order chi connectivity index (χ0) is 19.5. The van der Waals surface area contributed by atoms with E-state index < -0.39 is 0 Å². The van der Waals surface area contributed by atoms with E-state index in [1.807, 2.05) is 36.4 Å². The molecule has 144 valence electrons. The van der Waals surface area contributed by atoms with Gasteiger partial charge in [-0.05, 0) is 42.0 Å². The number of urea groups is 1. The number of carbonyl (C=O) groups is 2. The van der Waals surface area contributed by atoms with Crippen LogP contribution < -0.4 is 15.4 Å². The van der Waals surface area contributed by atoms with Crippen LogP contribution in [0.2, 0.25) is 0 Å². The molecule has 0 saturated carbocycles. The van der Waals surface area contributed by atoms with Gasteiger partial charge in [0.05, 0.1) is 20.3 Å². The molecule has 2 heterocycles. The summed E-state index contributed by atoms with van der Waals surface area (Å²) in [5, 5.41) is 5.77. The van der Waals surface area contributed by atoms with Crippen molar-refractivity contribution in [3.05, 3.63) is 53.6 Å². The zero-order valence-corrected chi connectivity index (χ0v) is 15.5. The van der Waals surface area contributed by atoms with E-state index in [4.69, 9.17) is 9.47 Å². The Morgan fingerprint density at radius 2 is 1.93 bits per heavy atom. The number of anilines is 2. The summed E-state index contributed by atoms with van der Waals surface area (Å²) >= 11 is 0. The molecule has 2 aromatic rings. The van der Waals surface area contributed by atoms with E-state index in [0.29, 0.717) is 37.6 Å². The molecule has 0 spiro atoms. The van der Waals surface area contributed by atoms with Crippen LogP contribution in [0.5, 0.6) is 5.75 Å². The molecule has 0 aliphatic carbocycles. The van der Waals surface area contributed by atoms with Gasteiger partial charge in [-0.3, -0.25) is 4.79 Å². The molecule has 2 aliphatic heterocycles. The van der Waals surface area contributed by atoms with Gasteiger partial charge in [0.1, 0.15) is 5.75 Å². The summed E-state index contributed by atoms with van der Waals surface area (Å²) < 4.78 is 10.4. The summed E-state index contributed by atoms with van der Waals surface area (Å²) in [4.78, 5) is 26.6. The number of nitrogens with one attached hydrogen (secondary N) is 2. The van der Waals surface area contributed by atoms with Gasteiger partial charge in [0.2, 0.25) is 0 Å². The number of carbonyl (C=O) groups excluding carboxylic acids is 2. The van der Waals surface area contributed by atoms with Crippen molar-refractivity contribution in [3.63, 3.8) is 0 Å². The maximum Gasteiger partial charge on any atom is 0.321 e. The quantitative estimate of drug-likeness (QED) is 0.804. The van der Waals surface area contributed by atoms with Crippen molar-refractivity contribution in [2.75, 3.05) is 44.0 Å². The number of benzene rings is 2. The molecule has 0 bridgehead atoms. The number of rotatable bonds is 3. The fraction of sp³-hybridized carbons (Fsp3) is 0.238. The van der Waals surface area contributed by atoms with E-state index in [1.54, 1.807) is 24.1 Å². The second-order valence-electron chi connectivity index (χ2n) is 6.58. The van der Waals surface area contributed by atoms with Crippen LogP contribution in [-0.4, -0.2) is 50.3 Å². The molecule has 2 aromatic carbocycles. The van der Waals surface area contributed by atoms with Crippen molar-refractivity contribution in [1.82, 2.24) is 4.90 Å². The monoisotopic (exact) mass is 379 g/mol. The zero-order valence-electron chi connectivity index (χ0n) is 15.5. The van der Waals surface area contributed by atoms with Crippen LogP contribution in [0.4, 0.5) is 16.2 Å². The smallest absolute Gasteiger partial charge is 0.321 e. The number of ether oxygens (including phenoxy) is 2. The molecular weight excluding hydrogens is 358 g/mol. The second-order valence-corrected chi connectivity index (χ2v) is 6.58. The Morgan fingerprint density at radius 3 is 2.64 bits per heavy atom. The predicted octanol–water partition coefficient (Wildman–Crippen LogP) is 3.05. The van der Waals surface area contributed by atoms with Crippen molar-refractivity contribution in [2.24, 2.45) is 0 Å². The van der Waals surface area contributed by atoms with Gasteiger partial charge in [0.25, 0.3) is 5.91 Å². The Morgan fingerprint density at radius 1 is 1.18 bits per heavy atom. The molecule has 7 heteroatoms. The lowest BCUT2D eigenvalue weighted by Crippen LogP contribution is -2.43. The molecule has 1 fully saturated rings. The number of morpholine rings is 1. The highest BCUT2D eigenvalue weighted by Gasteiger charge is 2.25. The average Bonchev–Trinajstić information content (AvgIpc) is 3.04. The Bertz CT molecular complexity index is 931. The highest BCUT2D eigenvalue weighted by molar-refractivity contribution is 6.35. The van der Waals surface area contributed by atoms with Gasteiger partial charge in [-0.25, -0.2) is 4.79 Å². The second kappa shape index (κ2) is 7.74. The molecule has 0 radical (unpaired) electrons. The highest BCUT2D eigenvalue weighted by atomic mass is 16.5. The number of amides is 3. The van der Waals surface area contributed by atoms with E-state index in [-0.39, 0.29) is 11.9 Å². The van der Waals surface area contributed by atoms with Gasteiger partial charge in [-0.1, -0.05) is 12.1 Å². The summed E-state index contributed by atoms with van der Waals surface area (Å²) in [5.41, 5.74) is 3.59. The first-order valence-electron chi connectivity index (χ1n) is 9.09. The third-order valence-electron chi connectivity index (χ3n) is 4.78. The Kier molecular flexibility index (Phi) is 4.99. The number of hydrogen-bond acceptors (Lipinski definition) is 4. The molecule has 0 unspecified atom stereocenters. The predicted molar refractivity (Wildman–Crippen MR) is 107 cm³/mol. The average molecular weight is 379 g/mol. The minimum atomic E-state index is -0.166. The fourth-order valence-electron chi connectivity index (χ4n) is 3.24. The number of hydrogen-bond donors (Lipinski definition) is 2. The maximum absolute atomic E-state index is 12.4. The van der Waals surface area contributed by atoms with Crippen LogP contribution in [0, 0.1) is 0 Å². The van der Waals surface area contributed by atoms with Gasteiger partial charge >= 0.3 is 6.03 Å². The summed E-state index contributed by atoms with van der Waals surface area (Å²) in [5.74, 6) is 0.592. The van der Waals surface area contributed by atoms with Crippen LogP contribution in [-0.2, 0) is 9.53 Å². The first-order valence-corrected chi connectivity index (χ1v) is 9.09. The summed E-state index contributed by atoms with van der Waals surface area (Å²) in [7, 11) is 1.61. The van der Waals surface area contributed by atoms with Gasteiger partial charge in [-0.2, -0.15) is 0 Å². The molecule has 0 aromatic heterocycles. The molecular formula is C21H21N3O4. The number of methoxy groups -OCH3 is 1. The Labute approximate surface area is 162 Å². The lowest BCUT2D eigenvalue weighted by molar-refractivity contribution is -0.110. The van der Waals surface area contributed by atoms with E-state index in [9.17, 15) is 9.59 Å². The molecule has 2 aliphatic rings. The summed E-state index contributed by atoms with van der Waals surface area (Å²) in [6, 6.07) is 12.7. The van der Waals surface area contributed by atoms with Crippen molar-refractivity contribution in [1.29, 1.82) is 0 Å². The van der Waals surface area contributed by atoms with Crippen molar-refractivity contribution in [2.45, 2.75) is 0 Å². The normalized spacial score (nSPS) is 17.2. The van der Waals surface area contributed by atoms with Crippen molar-refractivity contribution in [3.8, 4) is 5.75 Å². The van der Waals surface area contributed by atoms with E-state index >= 15 is 0 Å². The third-order valence-corrected chi connectivity index (χ3v) is 4.78. The van der Waals surface area contributed by atoms with Crippen LogP contribution in [0.25, 0.3) is 11.6 Å². The van der Waals surface area contributed by atoms with Gasteiger partial charge in [0.15, 0.2) is 0 Å². The van der Waals surface area contributed by atoms with E-state index in [0.717, 1.165) is 22.6 Å². The molecule has 3 amide bonds. The van der Waals surface area contributed by atoms with Crippen LogP contribution in [0.15, 0.2) is 42.5 Å². The first kappa shape index (κ1) is 18.1. The topological polar surface area (TPSA) is 79.9 Å². The third kappa shape index (κ3) is 3.70. The van der Waals surface area contributed by atoms with Crippen molar-refractivity contribution >= 4 is 35.0 Å². The summed E-state index contributed by atoms with van der Waals surface area (Å²) in [6.07, 6.45) is 1.83. The van der Waals surface area contributed by atoms with Crippen LogP contribution >= 0.6 is 0 Å². The first-order chi connectivity index (χ1) is 13.6. The largest absolute Gasteiger partial charge is 0.497 e. The van der Waals surface area contributed by atoms with E-state index in [2.05, 4.69) is 10.6 Å². The number of fused-ring (bicyclic) bond motifs is 1. The molecule has 1 saturated heterocycles. The number of nitrogens with zero attached hydrogens (tertiary/aromatic N) is 1. The standard InChI is InChI=1S/C21H21N3O4/c1-27-16-5-2-14(3-6-16)12-18-17-13-15(4-7-19(17)23-20(18)25)22-21(26)24-8-10-28-11-9-24/h2-7,12-13H,8-11H2,1H3,(H,22,26)(H,23,25)/b18-12+. The molecule has 7 nitrogen and oxygen atoms in total.